The molecule has 1 heterocycles. The van der Waals surface area contributed by atoms with Gasteiger partial charge in [0.25, 0.3) is 0 Å². The van der Waals surface area contributed by atoms with Crippen LogP contribution in [0.3, 0.4) is 0 Å². The monoisotopic (exact) mass is 234 g/mol. The summed E-state index contributed by atoms with van der Waals surface area (Å²) in [6, 6.07) is 2.21. The van der Waals surface area contributed by atoms with E-state index in [0.717, 1.165) is 17.4 Å². The van der Waals surface area contributed by atoms with Gasteiger partial charge >= 0.3 is 0 Å². The predicted octanol–water partition coefficient (Wildman–Crippen LogP) is 2.05. The quantitative estimate of drug-likeness (QED) is 0.620. The Labute approximate surface area is 103 Å². The lowest BCUT2D eigenvalue weighted by atomic mass is 9.73. The summed E-state index contributed by atoms with van der Waals surface area (Å²) >= 11 is 0. The number of nitrogens with one attached hydrogen (secondary N) is 1. The Hall–Kier alpha value is -1.00. The highest BCUT2D eigenvalue weighted by Gasteiger charge is 2.30. The number of nitrogens with two attached hydrogens (primary N) is 1. The summed E-state index contributed by atoms with van der Waals surface area (Å²) in [7, 11) is 0. The van der Waals surface area contributed by atoms with Gasteiger partial charge in [-0.3, -0.25) is 11.3 Å². The molecular formula is C13H22N4. The molecule has 0 radical (unpaired) electrons. The zero-order valence-corrected chi connectivity index (χ0v) is 10.6. The van der Waals surface area contributed by atoms with Crippen LogP contribution in [-0.2, 0) is 0 Å². The van der Waals surface area contributed by atoms with Gasteiger partial charge in [0.1, 0.15) is 0 Å². The second-order valence-corrected chi connectivity index (χ2v) is 5.50. The van der Waals surface area contributed by atoms with Crippen LogP contribution >= 0.6 is 0 Å². The third-order valence-electron chi connectivity index (χ3n) is 3.83. The maximum Gasteiger partial charge on any atom is 0.0544 e. The van der Waals surface area contributed by atoms with E-state index in [0.29, 0.717) is 5.92 Å². The first kappa shape index (κ1) is 12.5. The van der Waals surface area contributed by atoms with Crippen molar-refractivity contribution in [3.8, 4) is 0 Å². The van der Waals surface area contributed by atoms with Crippen LogP contribution in [0.2, 0.25) is 0 Å². The highest BCUT2D eigenvalue weighted by molar-refractivity contribution is 5.13. The summed E-state index contributed by atoms with van der Waals surface area (Å²) in [5, 5.41) is 7.76. The number of rotatable bonds is 3. The number of aromatic nitrogens is 2. The normalized spacial score (nSPS) is 31.1. The van der Waals surface area contributed by atoms with Gasteiger partial charge in [0.15, 0.2) is 0 Å². The van der Waals surface area contributed by atoms with Crippen LogP contribution in [0.1, 0.15) is 44.7 Å². The van der Waals surface area contributed by atoms with Crippen molar-refractivity contribution in [2.24, 2.45) is 23.6 Å². The minimum atomic E-state index is 0.204. The molecule has 3 N–H and O–H groups in total. The third kappa shape index (κ3) is 3.01. The van der Waals surface area contributed by atoms with E-state index in [4.69, 9.17) is 5.84 Å². The highest BCUT2D eigenvalue weighted by atomic mass is 15.2. The van der Waals surface area contributed by atoms with Crippen molar-refractivity contribution >= 4 is 0 Å². The standard InChI is InChI=1S/C13H22N4/c1-9-5-10(2)7-12(6-9)13(17-14)11-3-4-15-16-8-11/h3-4,8-10,12-13,17H,5-7,14H2,1-2H3. The largest absolute Gasteiger partial charge is 0.271 e. The van der Waals surface area contributed by atoms with Gasteiger partial charge in [0.2, 0.25) is 0 Å². The zero-order chi connectivity index (χ0) is 12.3. The molecule has 0 bridgehead atoms. The van der Waals surface area contributed by atoms with Crippen molar-refractivity contribution in [3.63, 3.8) is 0 Å². The fourth-order valence-corrected chi connectivity index (χ4v) is 3.27. The van der Waals surface area contributed by atoms with Crippen molar-refractivity contribution in [3.05, 3.63) is 24.0 Å². The molecule has 17 heavy (non-hydrogen) atoms. The van der Waals surface area contributed by atoms with Crippen LogP contribution in [0.15, 0.2) is 18.5 Å². The van der Waals surface area contributed by atoms with E-state index in [1.165, 1.54) is 19.3 Å². The van der Waals surface area contributed by atoms with Gasteiger partial charge in [-0.15, -0.1) is 0 Å². The molecule has 2 rings (SSSR count). The molecule has 4 heteroatoms. The Morgan fingerprint density at radius 2 is 1.94 bits per heavy atom. The smallest absolute Gasteiger partial charge is 0.0544 e. The molecule has 0 saturated heterocycles. The van der Waals surface area contributed by atoms with Crippen molar-refractivity contribution in [1.82, 2.24) is 15.6 Å². The molecule has 1 saturated carbocycles. The van der Waals surface area contributed by atoms with E-state index in [1.54, 1.807) is 6.20 Å². The van der Waals surface area contributed by atoms with Gasteiger partial charge in [-0.05, 0) is 48.6 Å². The van der Waals surface area contributed by atoms with Gasteiger partial charge in [0, 0.05) is 6.20 Å². The molecule has 0 spiro atoms. The topological polar surface area (TPSA) is 63.8 Å². The molecule has 3 unspecified atom stereocenters. The Kier molecular flexibility index (Phi) is 4.07. The number of hydrazine groups is 1. The summed E-state index contributed by atoms with van der Waals surface area (Å²) in [4.78, 5) is 0. The van der Waals surface area contributed by atoms with Crippen LogP contribution in [-0.4, -0.2) is 10.2 Å². The first-order valence-corrected chi connectivity index (χ1v) is 6.43. The second-order valence-electron chi connectivity index (χ2n) is 5.50. The maximum atomic E-state index is 5.73. The van der Waals surface area contributed by atoms with Gasteiger partial charge in [-0.25, -0.2) is 0 Å². The van der Waals surface area contributed by atoms with E-state index >= 15 is 0 Å². The molecule has 1 aromatic rings. The molecule has 1 fully saturated rings. The molecule has 0 aromatic carbocycles. The predicted molar refractivity (Wildman–Crippen MR) is 67.8 cm³/mol. The number of hydrogen-bond donors (Lipinski definition) is 2. The summed E-state index contributed by atoms with van der Waals surface area (Å²) in [6.45, 7) is 4.67. The van der Waals surface area contributed by atoms with Crippen molar-refractivity contribution in [1.29, 1.82) is 0 Å². The molecular weight excluding hydrogens is 212 g/mol. The van der Waals surface area contributed by atoms with E-state index < -0.39 is 0 Å². The lowest BCUT2D eigenvalue weighted by molar-refractivity contribution is 0.176. The molecule has 0 amide bonds. The summed E-state index contributed by atoms with van der Waals surface area (Å²) in [5.41, 5.74) is 4.11. The van der Waals surface area contributed by atoms with Crippen LogP contribution in [0.5, 0.6) is 0 Å². The molecule has 4 nitrogen and oxygen atoms in total. The van der Waals surface area contributed by atoms with E-state index in [1.807, 2.05) is 12.3 Å². The molecule has 3 atom stereocenters. The van der Waals surface area contributed by atoms with Crippen molar-refractivity contribution < 1.29 is 0 Å². The molecule has 1 aliphatic carbocycles. The molecule has 94 valence electrons. The van der Waals surface area contributed by atoms with Crippen molar-refractivity contribution in [2.45, 2.75) is 39.2 Å². The zero-order valence-electron chi connectivity index (χ0n) is 10.6. The van der Waals surface area contributed by atoms with E-state index in [9.17, 15) is 0 Å². The molecule has 1 aliphatic rings. The lowest BCUT2D eigenvalue weighted by Crippen LogP contribution is -2.37. The van der Waals surface area contributed by atoms with Crippen LogP contribution in [0.4, 0.5) is 0 Å². The second kappa shape index (κ2) is 5.56. The third-order valence-corrected chi connectivity index (χ3v) is 3.83. The van der Waals surface area contributed by atoms with Crippen LogP contribution in [0.25, 0.3) is 0 Å². The SMILES string of the molecule is CC1CC(C)CC(C(NN)c2ccnnc2)C1. The van der Waals surface area contributed by atoms with E-state index in [2.05, 4.69) is 29.5 Å². The van der Waals surface area contributed by atoms with Gasteiger partial charge in [-0.1, -0.05) is 13.8 Å². The van der Waals surface area contributed by atoms with Crippen molar-refractivity contribution in [2.75, 3.05) is 0 Å². The Balaban J connectivity index is 2.13. The first-order chi connectivity index (χ1) is 8.20. The Morgan fingerprint density at radius 3 is 2.47 bits per heavy atom. The van der Waals surface area contributed by atoms with E-state index in [-0.39, 0.29) is 6.04 Å². The first-order valence-electron chi connectivity index (χ1n) is 6.43. The summed E-state index contributed by atoms with van der Waals surface area (Å²) in [6.07, 6.45) is 7.36. The fraction of sp³-hybridized carbons (Fsp3) is 0.692. The van der Waals surface area contributed by atoms with Gasteiger partial charge in [-0.2, -0.15) is 10.2 Å². The lowest BCUT2D eigenvalue weighted by Gasteiger charge is -2.36. The van der Waals surface area contributed by atoms with Gasteiger partial charge in [0.05, 0.1) is 12.2 Å². The highest BCUT2D eigenvalue weighted by Crippen LogP contribution is 2.39. The molecule has 1 aromatic heterocycles. The summed E-state index contributed by atoms with van der Waals surface area (Å²) < 4.78 is 0. The number of nitrogens with zero attached hydrogens (tertiary/aromatic N) is 2. The fourth-order valence-electron chi connectivity index (χ4n) is 3.27. The minimum Gasteiger partial charge on any atom is -0.271 e. The maximum absolute atomic E-state index is 5.73. The average Bonchev–Trinajstić information content (AvgIpc) is 2.30. The van der Waals surface area contributed by atoms with Crippen LogP contribution in [0, 0.1) is 17.8 Å². The van der Waals surface area contributed by atoms with Crippen LogP contribution < -0.4 is 11.3 Å². The Morgan fingerprint density at radius 1 is 1.24 bits per heavy atom. The number of hydrogen-bond acceptors (Lipinski definition) is 4. The average molecular weight is 234 g/mol. The van der Waals surface area contributed by atoms with Gasteiger partial charge < -0.3 is 0 Å². The Bertz CT molecular complexity index is 331. The summed E-state index contributed by atoms with van der Waals surface area (Å²) in [5.74, 6) is 7.90. The molecule has 0 aliphatic heterocycles. The minimum absolute atomic E-state index is 0.204.